The topological polar surface area (TPSA) is 37.4 Å². The fourth-order valence-corrected chi connectivity index (χ4v) is 3.13. The van der Waals surface area contributed by atoms with Gasteiger partial charge in [-0.05, 0) is 26.9 Å². The van der Waals surface area contributed by atoms with Crippen molar-refractivity contribution < 1.29 is 4.74 Å². The number of nitrogens with zero attached hydrogens (tertiary/aromatic N) is 2. The Morgan fingerprint density at radius 3 is 2.84 bits per heavy atom. The standard InChI is InChI=1S/C14H25N3OS/c1-17(2)8-6-13-16-14(11-4-5-11)12(19-13)10-15-7-9-18-3/h11,15H,4-10H2,1-3H3. The highest BCUT2D eigenvalue weighted by molar-refractivity contribution is 7.11. The number of likely N-dealkylation sites (N-methyl/N-ethyl adjacent to an activating group) is 1. The number of nitrogens with one attached hydrogen (secondary N) is 1. The van der Waals surface area contributed by atoms with Gasteiger partial charge in [-0.25, -0.2) is 4.98 Å². The van der Waals surface area contributed by atoms with Gasteiger partial charge in [0, 0.05) is 44.0 Å². The molecule has 0 bridgehead atoms. The number of ether oxygens (including phenoxy) is 1. The van der Waals surface area contributed by atoms with Crippen LogP contribution in [0, 0.1) is 0 Å². The maximum Gasteiger partial charge on any atom is 0.0944 e. The summed E-state index contributed by atoms with van der Waals surface area (Å²) in [6.07, 6.45) is 3.71. The van der Waals surface area contributed by atoms with Crippen LogP contribution >= 0.6 is 11.3 Å². The summed E-state index contributed by atoms with van der Waals surface area (Å²) in [5.74, 6) is 0.739. The minimum Gasteiger partial charge on any atom is -0.383 e. The van der Waals surface area contributed by atoms with Crippen molar-refractivity contribution >= 4 is 11.3 Å². The molecule has 0 spiro atoms. The summed E-state index contributed by atoms with van der Waals surface area (Å²) in [5, 5.41) is 4.73. The van der Waals surface area contributed by atoms with E-state index in [1.54, 1.807) is 7.11 Å². The van der Waals surface area contributed by atoms with E-state index < -0.39 is 0 Å². The monoisotopic (exact) mass is 283 g/mol. The first-order chi connectivity index (χ1) is 9.20. The van der Waals surface area contributed by atoms with E-state index in [0.29, 0.717) is 0 Å². The molecule has 1 fully saturated rings. The summed E-state index contributed by atoms with van der Waals surface area (Å²) in [7, 11) is 5.97. The van der Waals surface area contributed by atoms with Crippen molar-refractivity contribution in [2.45, 2.75) is 31.7 Å². The molecule has 0 aromatic carbocycles. The average Bonchev–Trinajstić information content (AvgIpc) is 3.14. The van der Waals surface area contributed by atoms with Gasteiger partial charge in [0.25, 0.3) is 0 Å². The molecule has 0 amide bonds. The molecule has 1 heterocycles. The Labute approximate surface area is 120 Å². The second-order valence-corrected chi connectivity index (χ2v) is 6.58. The van der Waals surface area contributed by atoms with Gasteiger partial charge in [-0.1, -0.05) is 0 Å². The zero-order chi connectivity index (χ0) is 13.7. The third-order valence-corrected chi connectivity index (χ3v) is 4.41. The number of rotatable bonds is 9. The molecule has 0 atom stereocenters. The predicted molar refractivity (Wildman–Crippen MR) is 79.9 cm³/mol. The van der Waals surface area contributed by atoms with Gasteiger partial charge < -0.3 is 15.0 Å². The minimum atomic E-state index is 0.739. The van der Waals surface area contributed by atoms with E-state index in [1.807, 2.05) is 11.3 Å². The van der Waals surface area contributed by atoms with Crippen molar-refractivity contribution in [3.8, 4) is 0 Å². The van der Waals surface area contributed by atoms with Gasteiger partial charge in [-0.2, -0.15) is 0 Å². The number of methoxy groups -OCH3 is 1. The van der Waals surface area contributed by atoms with Gasteiger partial charge in [0.15, 0.2) is 0 Å². The van der Waals surface area contributed by atoms with Crippen molar-refractivity contribution in [3.63, 3.8) is 0 Å². The summed E-state index contributed by atoms with van der Waals surface area (Å²) >= 11 is 1.89. The first-order valence-electron chi connectivity index (χ1n) is 7.03. The van der Waals surface area contributed by atoms with Crippen LogP contribution in [0.1, 0.15) is 34.3 Å². The summed E-state index contributed by atoms with van der Waals surface area (Å²) in [6.45, 7) is 3.69. The highest BCUT2D eigenvalue weighted by atomic mass is 32.1. The van der Waals surface area contributed by atoms with Crippen LogP contribution in [-0.2, 0) is 17.7 Å². The minimum absolute atomic E-state index is 0.739. The van der Waals surface area contributed by atoms with Crippen LogP contribution < -0.4 is 5.32 Å². The van der Waals surface area contributed by atoms with Crippen LogP contribution in [0.25, 0.3) is 0 Å². The van der Waals surface area contributed by atoms with Crippen LogP contribution in [-0.4, -0.2) is 50.8 Å². The zero-order valence-corrected chi connectivity index (χ0v) is 13.1. The Morgan fingerprint density at radius 1 is 1.42 bits per heavy atom. The molecule has 0 aliphatic heterocycles. The molecule has 1 aromatic rings. The van der Waals surface area contributed by atoms with Crippen LogP contribution in [0.5, 0.6) is 0 Å². The Kier molecular flexibility index (Phi) is 5.76. The Hall–Kier alpha value is -0.490. The fourth-order valence-electron chi connectivity index (χ4n) is 2.02. The number of thiazole rings is 1. The molecule has 0 unspecified atom stereocenters. The maximum absolute atomic E-state index is 5.06. The lowest BCUT2D eigenvalue weighted by molar-refractivity contribution is 0.199. The Bertz CT molecular complexity index is 388. The van der Waals surface area contributed by atoms with Gasteiger partial charge in [0.1, 0.15) is 0 Å². The molecular weight excluding hydrogens is 258 g/mol. The largest absolute Gasteiger partial charge is 0.383 e. The molecule has 1 aliphatic rings. The van der Waals surface area contributed by atoms with Crippen LogP contribution in [0.15, 0.2) is 0 Å². The van der Waals surface area contributed by atoms with Crippen molar-refractivity contribution in [2.24, 2.45) is 0 Å². The molecule has 1 saturated carbocycles. The second kappa shape index (κ2) is 7.33. The van der Waals surface area contributed by atoms with E-state index in [4.69, 9.17) is 9.72 Å². The van der Waals surface area contributed by atoms with Crippen molar-refractivity contribution in [1.82, 2.24) is 15.2 Å². The zero-order valence-electron chi connectivity index (χ0n) is 12.2. The smallest absolute Gasteiger partial charge is 0.0944 e. The van der Waals surface area contributed by atoms with Gasteiger partial charge in [0.05, 0.1) is 17.3 Å². The number of aromatic nitrogens is 1. The molecule has 5 heteroatoms. The molecule has 0 saturated heterocycles. The van der Waals surface area contributed by atoms with Crippen molar-refractivity contribution in [3.05, 3.63) is 15.6 Å². The van der Waals surface area contributed by atoms with Crippen LogP contribution in [0.3, 0.4) is 0 Å². The molecular formula is C14H25N3OS. The lowest BCUT2D eigenvalue weighted by Crippen LogP contribution is -2.18. The summed E-state index contributed by atoms with van der Waals surface area (Å²) in [4.78, 5) is 8.52. The summed E-state index contributed by atoms with van der Waals surface area (Å²) < 4.78 is 5.06. The number of hydrogen-bond donors (Lipinski definition) is 1. The first kappa shape index (κ1) is 14.9. The first-order valence-corrected chi connectivity index (χ1v) is 7.85. The van der Waals surface area contributed by atoms with Crippen molar-refractivity contribution in [1.29, 1.82) is 0 Å². The van der Waals surface area contributed by atoms with Gasteiger partial charge >= 0.3 is 0 Å². The molecule has 1 N–H and O–H groups in total. The molecule has 4 nitrogen and oxygen atoms in total. The lowest BCUT2D eigenvalue weighted by Gasteiger charge is -2.06. The van der Waals surface area contributed by atoms with Gasteiger partial charge in [0.2, 0.25) is 0 Å². The predicted octanol–water partition coefficient (Wildman–Crippen LogP) is 1.86. The quantitative estimate of drug-likeness (QED) is 0.702. The van der Waals surface area contributed by atoms with Gasteiger partial charge in [-0.3, -0.25) is 0 Å². The average molecular weight is 283 g/mol. The molecule has 1 aromatic heterocycles. The van der Waals surface area contributed by atoms with Crippen LogP contribution in [0.4, 0.5) is 0 Å². The lowest BCUT2D eigenvalue weighted by atomic mass is 10.2. The molecule has 108 valence electrons. The SMILES string of the molecule is COCCNCc1sc(CCN(C)C)nc1C1CC1. The highest BCUT2D eigenvalue weighted by Gasteiger charge is 2.29. The van der Waals surface area contributed by atoms with Gasteiger partial charge in [-0.15, -0.1) is 11.3 Å². The van der Waals surface area contributed by atoms with E-state index in [1.165, 1.54) is 28.4 Å². The Balaban J connectivity index is 1.91. The van der Waals surface area contributed by atoms with E-state index in [9.17, 15) is 0 Å². The normalized spacial score (nSPS) is 15.4. The maximum atomic E-state index is 5.06. The van der Waals surface area contributed by atoms with E-state index >= 15 is 0 Å². The molecule has 1 aliphatic carbocycles. The van der Waals surface area contributed by atoms with E-state index in [0.717, 1.165) is 38.6 Å². The van der Waals surface area contributed by atoms with E-state index in [2.05, 4.69) is 24.3 Å². The molecule has 0 radical (unpaired) electrons. The third-order valence-electron chi connectivity index (χ3n) is 3.28. The van der Waals surface area contributed by atoms with E-state index in [-0.39, 0.29) is 0 Å². The second-order valence-electron chi connectivity index (χ2n) is 5.41. The Morgan fingerprint density at radius 2 is 2.21 bits per heavy atom. The summed E-state index contributed by atoms with van der Waals surface area (Å²) in [6, 6.07) is 0. The molecule has 2 rings (SSSR count). The molecule has 19 heavy (non-hydrogen) atoms. The van der Waals surface area contributed by atoms with Crippen molar-refractivity contribution in [2.75, 3.05) is 40.9 Å². The number of hydrogen-bond acceptors (Lipinski definition) is 5. The summed E-state index contributed by atoms with van der Waals surface area (Å²) in [5.41, 5.74) is 1.36. The third kappa shape index (κ3) is 4.84. The van der Waals surface area contributed by atoms with Crippen LogP contribution in [0.2, 0.25) is 0 Å². The highest BCUT2D eigenvalue weighted by Crippen LogP contribution is 2.42. The fraction of sp³-hybridized carbons (Fsp3) is 0.786.